The van der Waals surface area contributed by atoms with E-state index in [1.54, 1.807) is 18.5 Å². The summed E-state index contributed by atoms with van der Waals surface area (Å²) in [4.78, 5) is 17.4. The molecule has 174 valence electrons. The minimum Gasteiger partial charge on any atom is -0.493 e. The van der Waals surface area contributed by atoms with Gasteiger partial charge in [-0.3, -0.25) is 9.78 Å². The van der Waals surface area contributed by atoms with Crippen molar-refractivity contribution in [2.24, 2.45) is 0 Å². The van der Waals surface area contributed by atoms with Crippen molar-refractivity contribution >= 4 is 39.0 Å². The molecular weight excluding hydrogens is 436 g/mol. The van der Waals surface area contributed by atoms with Gasteiger partial charge in [0.15, 0.2) is 0 Å². The molecule has 0 aliphatic rings. The van der Waals surface area contributed by atoms with Gasteiger partial charge in [0.2, 0.25) is 5.91 Å². The molecule has 1 amide bonds. The van der Waals surface area contributed by atoms with Crippen LogP contribution in [0.15, 0.2) is 89.7 Å². The topological polar surface area (TPSA) is 64.4 Å². The summed E-state index contributed by atoms with van der Waals surface area (Å²) in [7, 11) is 0. The van der Waals surface area contributed by atoms with Gasteiger partial charge in [-0.25, -0.2) is 0 Å². The number of allylic oxidation sites excluding steroid dienone is 1. The maximum absolute atomic E-state index is 13.0. The molecule has 0 radical (unpaired) electrons. The van der Waals surface area contributed by atoms with Gasteiger partial charge in [-0.2, -0.15) is 0 Å². The number of carbonyl (C=O) groups excluding carboxylic acids is 1. The summed E-state index contributed by atoms with van der Waals surface area (Å²) in [5, 5.41) is 4.94. The smallest absolute Gasteiger partial charge is 0.248 e. The van der Waals surface area contributed by atoms with Crippen molar-refractivity contribution in [1.82, 2.24) is 4.98 Å². The van der Waals surface area contributed by atoms with Crippen molar-refractivity contribution in [2.45, 2.75) is 20.8 Å². The van der Waals surface area contributed by atoms with E-state index in [0.717, 1.165) is 55.4 Å². The quantitative estimate of drug-likeness (QED) is 0.267. The highest BCUT2D eigenvalue weighted by Crippen LogP contribution is 2.40. The molecule has 0 aliphatic heterocycles. The molecule has 3 aromatic carbocycles. The third-order valence-electron chi connectivity index (χ3n) is 6.08. The molecule has 2 aromatic heterocycles. The molecular formula is C30H26N2O3. The first kappa shape index (κ1) is 22.4. The molecule has 5 nitrogen and oxygen atoms in total. The van der Waals surface area contributed by atoms with Crippen molar-refractivity contribution in [3.8, 4) is 16.9 Å². The SMILES string of the molecule is CCOc1c(/C(C)=C/C(=O)Nc2cccc3cccnc23)cc2c(-c3ccccc3)coc2c1C. The Labute approximate surface area is 204 Å². The second-order valence-corrected chi connectivity index (χ2v) is 8.40. The Kier molecular flexibility index (Phi) is 6.06. The monoisotopic (exact) mass is 462 g/mol. The van der Waals surface area contributed by atoms with Crippen LogP contribution in [0.1, 0.15) is 25.0 Å². The van der Waals surface area contributed by atoms with Crippen LogP contribution in [-0.2, 0) is 4.79 Å². The third-order valence-corrected chi connectivity index (χ3v) is 6.08. The first-order valence-corrected chi connectivity index (χ1v) is 11.6. The number of para-hydroxylation sites is 1. The number of anilines is 1. The summed E-state index contributed by atoms with van der Waals surface area (Å²) in [5.41, 5.74) is 6.87. The lowest BCUT2D eigenvalue weighted by atomic mass is 9.96. The number of fused-ring (bicyclic) bond motifs is 2. The van der Waals surface area contributed by atoms with Gasteiger partial charge in [0.1, 0.15) is 11.3 Å². The standard InChI is InChI=1S/C30H26N2O3/c1-4-34-29-20(3)30-24(25(18-35-30)21-10-6-5-7-11-21)17-23(29)19(2)16-27(33)32-26-14-8-12-22-13-9-15-31-28(22)26/h5-18H,4H2,1-3H3,(H,32,33)/b19-16+. The van der Waals surface area contributed by atoms with E-state index in [9.17, 15) is 4.79 Å². The van der Waals surface area contributed by atoms with Gasteiger partial charge in [0.05, 0.1) is 24.1 Å². The maximum Gasteiger partial charge on any atom is 0.248 e. The summed E-state index contributed by atoms with van der Waals surface area (Å²) in [6, 6.07) is 21.8. The number of hydrogen-bond donors (Lipinski definition) is 1. The second kappa shape index (κ2) is 9.47. The van der Waals surface area contributed by atoms with Gasteiger partial charge >= 0.3 is 0 Å². The number of hydrogen-bond acceptors (Lipinski definition) is 4. The van der Waals surface area contributed by atoms with E-state index in [0.29, 0.717) is 12.3 Å². The Morgan fingerprint density at radius 3 is 2.69 bits per heavy atom. The van der Waals surface area contributed by atoms with E-state index in [2.05, 4.69) is 28.5 Å². The van der Waals surface area contributed by atoms with E-state index in [4.69, 9.17) is 9.15 Å². The number of furan rings is 1. The van der Waals surface area contributed by atoms with Crippen molar-refractivity contribution in [2.75, 3.05) is 11.9 Å². The fourth-order valence-corrected chi connectivity index (χ4v) is 4.43. The molecule has 35 heavy (non-hydrogen) atoms. The molecule has 0 saturated heterocycles. The average Bonchev–Trinajstić information content (AvgIpc) is 3.31. The van der Waals surface area contributed by atoms with Crippen molar-refractivity contribution < 1.29 is 13.9 Å². The highest BCUT2D eigenvalue weighted by molar-refractivity contribution is 6.08. The minimum absolute atomic E-state index is 0.226. The van der Waals surface area contributed by atoms with Crippen LogP contribution in [0.4, 0.5) is 5.69 Å². The first-order chi connectivity index (χ1) is 17.1. The molecule has 0 atom stereocenters. The molecule has 0 saturated carbocycles. The zero-order chi connectivity index (χ0) is 24.4. The number of pyridine rings is 1. The molecule has 1 N–H and O–H groups in total. The third kappa shape index (κ3) is 4.28. The normalized spacial score (nSPS) is 11.7. The lowest BCUT2D eigenvalue weighted by Gasteiger charge is -2.15. The van der Waals surface area contributed by atoms with Gasteiger partial charge in [-0.15, -0.1) is 0 Å². The molecule has 0 fully saturated rings. The van der Waals surface area contributed by atoms with Crippen molar-refractivity contribution in [3.05, 3.63) is 96.4 Å². The molecule has 2 heterocycles. The molecule has 5 aromatic rings. The van der Waals surface area contributed by atoms with E-state index < -0.39 is 0 Å². The number of amides is 1. The van der Waals surface area contributed by atoms with Crippen LogP contribution >= 0.6 is 0 Å². The Hall–Kier alpha value is -4.38. The van der Waals surface area contributed by atoms with Crippen LogP contribution in [-0.4, -0.2) is 17.5 Å². The predicted molar refractivity (Wildman–Crippen MR) is 142 cm³/mol. The fraction of sp³-hybridized carbons (Fsp3) is 0.133. The fourth-order valence-electron chi connectivity index (χ4n) is 4.43. The number of nitrogens with zero attached hydrogens (tertiary/aromatic N) is 1. The van der Waals surface area contributed by atoms with Gasteiger partial charge in [0, 0.05) is 39.7 Å². The number of nitrogens with one attached hydrogen (secondary N) is 1. The molecule has 0 bridgehead atoms. The van der Waals surface area contributed by atoms with Crippen molar-refractivity contribution in [3.63, 3.8) is 0 Å². The Bertz CT molecular complexity index is 1560. The van der Waals surface area contributed by atoms with Gasteiger partial charge in [0.25, 0.3) is 0 Å². The Balaban J connectivity index is 1.56. The molecule has 5 rings (SSSR count). The number of carbonyl (C=O) groups is 1. The van der Waals surface area contributed by atoms with E-state index in [1.807, 2.05) is 69.3 Å². The number of aryl methyl sites for hydroxylation is 1. The summed E-state index contributed by atoms with van der Waals surface area (Å²) in [6.07, 6.45) is 5.11. The van der Waals surface area contributed by atoms with Crippen LogP contribution in [0.3, 0.4) is 0 Å². The summed E-state index contributed by atoms with van der Waals surface area (Å²) in [6.45, 7) is 6.37. The highest BCUT2D eigenvalue weighted by Gasteiger charge is 2.19. The van der Waals surface area contributed by atoms with Crippen LogP contribution in [0.25, 0.3) is 38.6 Å². The molecule has 0 aliphatic carbocycles. The summed E-state index contributed by atoms with van der Waals surface area (Å²) >= 11 is 0. The van der Waals surface area contributed by atoms with Gasteiger partial charge in [-0.1, -0.05) is 48.5 Å². The van der Waals surface area contributed by atoms with Crippen LogP contribution < -0.4 is 10.1 Å². The predicted octanol–water partition coefficient (Wildman–Crippen LogP) is 7.40. The number of rotatable bonds is 6. The van der Waals surface area contributed by atoms with Gasteiger partial charge in [-0.05, 0) is 50.1 Å². The van der Waals surface area contributed by atoms with E-state index in [1.165, 1.54) is 0 Å². The average molecular weight is 463 g/mol. The number of benzene rings is 3. The maximum atomic E-state index is 13.0. The number of aromatic nitrogens is 1. The zero-order valence-corrected chi connectivity index (χ0v) is 20.0. The zero-order valence-electron chi connectivity index (χ0n) is 20.0. The Morgan fingerprint density at radius 1 is 1.09 bits per heavy atom. The molecule has 0 spiro atoms. The number of ether oxygens (including phenoxy) is 1. The molecule has 0 unspecified atom stereocenters. The summed E-state index contributed by atoms with van der Waals surface area (Å²) in [5.74, 6) is 0.499. The molecule has 5 heteroatoms. The summed E-state index contributed by atoms with van der Waals surface area (Å²) < 4.78 is 12.0. The highest BCUT2D eigenvalue weighted by atomic mass is 16.5. The Morgan fingerprint density at radius 2 is 1.89 bits per heavy atom. The first-order valence-electron chi connectivity index (χ1n) is 11.6. The largest absolute Gasteiger partial charge is 0.493 e. The van der Waals surface area contributed by atoms with E-state index in [-0.39, 0.29) is 5.91 Å². The second-order valence-electron chi connectivity index (χ2n) is 8.40. The van der Waals surface area contributed by atoms with Crippen LogP contribution in [0.2, 0.25) is 0 Å². The lowest BCUT2D eigenvalue weighted by molar-refractivity contribution is -0.111. The van der Waals surface area contributed by atoms with E-state index >= 15 is 0 Å². The lowest BCUT2D eigenvalue weighted by Crippen LogP contribution is -2.09. The van der Waals surface area contributed by atoms with Crippen molar-refractivity contribution in [1.29, 1.82) is 0 Å². The van der Waals surface area contributed by atoms with Gasteiger partial charge < -0.3 is 14.5 Å². The van der Waals surface area contributed by atoms with Crippen LogP contribution in [0, 0.1) is 6.92 Å². The van der Waals surface area contributed by atoms with Crippen LogP contribution in [0.5, 0.6) is 5.75 Å². The minimum atomic E-state index is -0.226.